The van der Waals surface area contributed by atoms with Gasteiger partial charge in [-0.15, -0.1) is 0 Å². The number of halogens is 1. The summed E-state index contributed by atoms with van der Waals surface area (Å²) in [5.74, 6) is -0.00898. The molecule has 1 aliphatic rings. The molecular weight excluding hydrogens is 267 g/mol. The fourth-order valence-electron chi connectivity index (χ4n) is 2.01. The maximum absolute atomic E-state index is 11.5. The van der Waals surface area contributed by atoms with E-state index in [-0.39, 0.29) is 11.4 Å². The lowest BCUT2D eigenvalue weighted by atomic mass is 9.72. The average molecular weight is 282 g/mol. The van der Waals surface area contributed by atoms with Crippen LogP contribution in [-0.4, -0.2) is 5.97 Å². The van der Waals surface area contributed by atoms with Crippen molar-refractivity contribution in [3.63, 3.8) is 0 Å². The summed E-state index contributed by atoms with van der Waals surface area (Å²) in [6, 6.07) is 0. The third-order valence-corrected chi connectivity index (χ3v) is 3.39. The normalized spacial score (nSPS) is 21.8. The van der Waals surface area contributed by atoms with Crippen LogP contribution in [0.5, 0.6) is 0 Å². The van der Waals surface area contributed by atoms with E-state index in [1.807, 2.05) is 0 Å². The first-order valence-electron chi connectivity index (χ1n) is 4.58. The van der Waals surface area contributed by atoms with E-state index in [4.69, 9.17) is 3.07 Å². The minimum Gasteiger partial charge on any atom is -0.394 e. The first-order chi connectivity index (χ1) is 5.75. The van der Waals surface area contributed by atoms with Crippen LogP contribution in [0.4, 0.5) is 0 Å². The molecule has 1 rings (SSSR count). The van der Waals surface area contributed by atoms with Crippen molar-refractivity contribution in [2.45, 2.75) is 45.4 Å². The van der Waals surface area contributed by atoms with Crippen molar-refractivity contribution in [2.24, 2.45) is 5.41 Å². The van der Waals surface area contributed by atoms with Crippen molar-refractivity contribution in [1.82, 2.24) is 0 Å². The molecule has 0 atom stereocenters. The van der Waals surface area contributed by atoms with E-state index < -0.39 is 0 Å². The molecule has 0 aromatic carbocycles. The molecular formula is C9H15IO2. The second kappa shape index (κ2) is 4.44. The van der Waals surface area contributed by atoms with Crippen molar-refractivity contribution < 1.29 is 7.86 Å². The van der Waals surface area contributed by atoms with Gasteiger partial charge in [0.15, 0.2) is 23.0 Å². The van der Waals surface area contributed by atoms with Gasteiger partial charge in [0.05, 0.1) is 5.41 Å². The average Bonchev–Trinajstić information content (AvgIpc) is 2.17. The second-order valence-corrected chi connectivity index (χ2v) is 4.00. The van der Waals surface area contributed by atoms with Crippen molar-refractivity contribution >= 4 is 29.0 Å². The highest BCUT2D eigenvalue weighted by atomic mass is 127. The highest BCUT2D eigenvalue weighted by Gasteiger charge is 2.38. The molecule has 0 spiro atoms. The molecule has 0 heterocycles. The van der Waals surface area contributed by atoms with E-state index in [1.165, 1.54) is 19.3 Å². The van der Waals surface area contributed by atoms with Gasteiger partial charge in [-0.3, -0.25) is 4.79 Å². The van der Waals surface area contributed by atoms with Gasteiger partial charge in [-0.2, -0.15) is 0 Å². The molecule has 0 saturated heterocycles. The standard InChI is InChI=1S/C9H15IO2/c1-2-9(8(11)12-10)6-4-3-5-7-9/h2-7H2,1H3. The van der Waals surface area contributed by atoms with Gasteiger partial charge in [-0.05, 0) is 19.3 Å². The van der Waals surface area contributed by atoms with Crippen LogP contribution in [-0.2, 0) is 7.86 Å². The van der Waals surface area contributed by atoms with Gasteiger partial charge in [0, 0.05) is 0 Å². The Morgan fingerprint density at radius 3 is 2.42 bits per heavy atom. The number of hydrogen-bond acceptors (Lipinski definition) is 2. The van der Waals surface area contributed by atoms with Crippen molar-refractivity contribution in [3.8, 4) is 0 Å². The van der Waals surface area contributed by atoms with Crippen LogP contribution in [0.2, 0.25) is 0 Å². The van der Waals surface area contributed by atoms with Crippen molar-refractivity contribution in [3.05, 3.63) is 0 Å². The van der Waals surface area contributed by atoms with E-state index in [1.54, 1.807) is 23.0 Å². The Bertz CT molecular complexity index is 162. The molecule has 3 heteroatoms. The van der Waals surface area contributed by atoms with Crippen LogP contribution >= 0.6 is 23.0 Å². The Morgan fingerprint density at radius 1 is 1.42 bits per heavy atom. The fraction of sp³-hybridized carbons (Fsp3) is 0.889. The van der Waals surface area contributed by atoms with Gasteiger partial charge in [0.2, 0.25) is 0 Å². The Kier molecular flexibility index (Phi) is 3.80. The number of rotatable bonds is 2. The predicted octanol–water partition coefficient (Wildman–Crippen LogP) is 3.24. The zero-order valence-electron chi connectivity index (χ0n) is 7.44. The van der Waals surface area contributed by atoms with Crippen LogP contribution in [0.1, 0.15) is 45.4 Å². The molecule has 2 nitrogen and oxygen atoms in total. The minimum atomic E-state index is -0.139. The summed E-state index contributed by atoms with van der Waals surface area (Å²) in [5.41, 5.74) is -0.139. The predicted molar refractivity (Wildman–Crippen MR) is 55.9 cm³/mol. The fourth-order valence-corrected chi connectivity index (χ4v) is 2.48. The maximum atomic E-state index is 11.5. The van der Waals surface area contributed by atoms with Crippen LogP contribution in [0.3, 0.4) is 0 Å². The summed E-state index contributed by atoms with van der Waals surface area (Å²) in [6.07, 6.45) is 6.60. The second-order valence-electron chi connectivity index (χ2n) is 3.56. The van der Waals surface area contributed by atoms with E-state index in [2.05, 4.69) is 6.92 Å². The topological polar surface area (TPSA) is 26.3 Å². The van der Waals surface area contributed by atoms with Gasteiger partial charge in [-0.1, -0.05) is 26.2 Å². The molecule has 0 amide bonds. The van der Waals surface area contributed by atoms with E-state index in [0.717, 1.165) is 19.3 Å². The minimum absolute atomic E-state index is 0.00898. The number of carbonyl (C=O) groups excluding carboxylic acids is 1. The lowest BCUT2D eigenvalue weighted by molar-refractivity contribution is -0.144. The Labute approximate surface area is 87.7 Å². The SMILES string of the molecule is CCC1(C(=O)OI)CCCCC1. The van der Waals surface area contributed by atoms with Gasteiger partial charge in [0.1, 0.15) is 0 Å². The van der Waals surface area contributed by atoms with Gasteiger partial charge in [0.25, 0.3) is 0 Å². The molecule has 0 unspecified atom stereocenters. The molecule has 12 heavy (non-hydrogen) atoms. The number of carbonyl (C=O) groups is 1. The van der Waals surface area contributed by atoms with Crippen molar-refractivity contribution in [1.29, 1.82) is 0 Å². The Morgan fingerprint density at radius 2 is 2.00 bits per heavy atom. The molecule has 70 valence electrons. The summed E-state index contributed by atoms with van der Waals surface area (Å²) < 4.78 is 4.82. The van der Waals surface area contributed by atoms with E-state index >= 15 is 0 Å². The molecule has 0 bridgehead atoms. The molecule has 0 N–H and O–H groups in total. The summed E-state index contributed by atoms with van der Waals surface area (Å²) in [7, 11) is 0. The lowest BCUT2D eigenvalue weighted by Crippen LogP contribution is -2.32. The highest BCUT2D eigenvalue weighted by Crippen LogP contribution is 2.40. The lowest BCUT2D eigenvalue weighted by Gasteiger charge is -2.32. The largest absolute Gasteiger partial charge is 0.394 e. The van der Waals surface area contributed by atoms with Crippen LogP contribution < -0.4 is 0 Å². The van der Waals surface area contributed by atoms with Gasteiger partial charge >= 0.3 is 5.97 Å². The molecule has 0 aromatic rings. The van der Waals surface area contributed by atoms with Crippen LogP contribution in [0, 0.1) is 5.41 Å². The van der Waals surface area contributed by atoms with Crippen LogP contribution in [0.15, 0.2) is 0 Å². The first-order valence-corrected chi connectivity index (χ1v) is 5.46. The van der Waals surface area contributed by atoms with Gasteiger partial charge in [-0.25, -0.2) is 0 Å². The maximum Gasteiger partial charge on any atom is 0.321 e. The molecule has 1 saturated carbocycles. The summed E-state index contributed by atoms with van der Waals surface area (Å²) in [6.45, 7) is 2.08. The quantitative estimate of drug-likeness (QED) is 0.727. The summed E-state index contributed by atoms with van der Waals surface area (Å²) >= 11 is 1.70. The zero-order chi connectivity index (χ0) is 9.03. The highest BCUT2D eigenvalue weighted by molar-refractivity contribution is 14.1. The molecule has 0 aliphatic heterocycles. The number of hydrogen-bond donors (Lipinski definition) is 0. The summed E-state index contributed by atoms with van der Waals surface area (Å²) in [5, 5.41) is 0. The monoisotopic (exact) mass is 282 g/mol. The Balaban J connectivity index is 2.66. The zero-order valence-corrected chi connectivity index (χ0v) is 9.59. The van der Waals surface area contributed by atoms with E-state index in [9.17, 15) is 4.79 Å². The first kappa shape index (κ1) is 10.3. The third-order valence-electron chi connectivity index (χ3n) is 2.99. The van der Waals surface area contributed by atoms with Crippen LogP contribution in [0.25, 0.3) is 0 Å². The van der Waals surface area contributed by atoms with Crippen molar-refractivity contribution in [2.75, 3.05) is 0 Å². The summed E-state index contributed by atoms with van der Waals surface area (Å²) in [4.78, 5) is 11.5. The molecule has 1 fully saturated rings. The molecule has 0 aromatic heterocycles. The van der Waals surface area contributed by atoms with E-state index in [0.29, 0.717) is 0 Å². The molecule has 1 aliphatic carbocycles. The molecule has 0 radical (unpaired) electrons. The Hall–Kier alpha value is 0.200. The third kappa shape index (κ3) is 1.92. The smallest absolute Gasteiger partial charge is 0.321 e. The van der Waals surface area contributed by atoms with Gasteiger partial charge < -0.3 is 3.07 Å².